The number of hydrogen-bond acceptors (Lipinski definition) is 5. The topological polar surface area (TPSA) is 42.1 Å². The molecule has 0 aliphatic carbocycles. The lowest BCUT2D eigenvalue weighted by Crippen LogP contribution is -2.49. The highest BCUT2D eigenvalue weighted by molar-refractivity contribution is 5.78. The Morgan fingerprint density at radius 2 is 0.412 bits per heavy atom. The Morgan fingerprint density at radius 1 is 0.229 bits per heavy atom. The van der Waals surface area contributed by atoms with Gasteiger partial charge in [-0.15, -0.1) is 0 Å². The van der Waals surface area contributed by atoms with Gasteiger partial charge in [-0.05, 0) is 253 Å². The first-order chi connectivity index (χ1) is 64.8. The number of likely N-dealkylation sites (tertiary alicyclic amines) is 1. The van der Waals surface area contributed by atoms with Gasteiger partial charge in [-0.3, -0.25) is 9.69 Å². The molecule has 0 radical (unpaired) electrons. The third-order valence-electron chi connectivity index (χ3n) is 28.5. The van der Waals surface area contributed by atoms with Crippen LogP contribution in [0.15, 0.2) is 97.2 Å². The Labute approximate surface area is 825 Å². The molecule has 1 amide bonds. The van der Waals surface area contributed by atoms with Crippen LogP contribution in [0.4, 0.5) is 0 Å². The number of amides is 1. The second-order valence-electron chi connectivity index (χ2n) is 41.9. The molecule has 2 aliphatic rings. The lowest BCUT2D eigenvalue weighted by atomic mass is 9.97. The highest BCUT2D eigenvalue weighted by Gasteiger charge is 2.23. The second kappa shape index (κ2) is 113. The van der Waals surface area contributed by atoms with Crippen molar-refractivity contribution < 1.29 is 4.79 Å². The summed E-state index contributed by atoms with van der Waals surface area (Å²) in [5.41, 5.74) is 0. The zero-order valence-electron chi connectivity index (χ0n) is 91.0. The molecule has 0 aromatic rings. The number of nitrogens with zero attached hydrogens (tertiary/aromatic N) is 4. The first-order valence-corrected chi connectivity index (χ1v) is 60.1. The van der Waals surface area contributed by atoms with Crippen molar-refractivity contribution in [3.63, 3.8) is 0 Å². The van der Waals surface area contributed by atoms with Crippen molar-refractivity contribution in [2.75, 3.05) is 67.0 Å². The highest BCUT2D eigenvalue weighted by atomic mass is 16.2. The van der Waals surface area contributed by atoms with Gasteiger partial charge < -0.3 is 20.0 Å². The summed E-state index contributed by atoms with van der Waals surface area (Å²) in [6.45, 7) is 22.1. The van der Waals surface area contributed by atoms with Crippen molar-refractivity contribution in [2.24, 2.45) is 0 Å². The van der Waals surface area contributed by atoms with Gasteiger partial charge in [-0.1, -0.05) is 492 Å². The van der Waals surface area contributed by atoms with Crippen LogP contribution < -0.4 is 5.32 Å². The van der Waals surface area contributed by atoms with Crippen molar-refractivity contribution in [3.8, 4) is 0 Å². The summed E-state index contributed by atoms with van der Waals surface area (Å²) in [5, 5.41) is 3.36. The number of unbranched alkanes of at least 4 members (excludes halogenated alkanes) is 66. The van der Waals surface area contributed by atoms with E-state index in [1.165, 1.54) is 585 Å². The maximum atomic E-state index is 12.4. The van der Waals surface area contributed by atoms with E-state index in [0.29, 0.717) is 12.6 Å². The Bertz CT molecular complexity index is 2270. The van der Waals surface area contributed by atoms with E-state index in [2.05, 4.69) is 166 Å². The van der Waals surface area contributed by atoms with Crippen LogP contribution in [0.3, 0.4) is 0 Å². The molecule has 2 aliphatic heterocycles. The number of piperidine rings is 1. The minimum Gasteiger partial charge on any atom is -0.352 e. The zero-order chi connectivity index (χ0) is 94.5. The monoisotopic (exact) mass is 1830 g/mol. The number of piperazine rings is 1. The molecule has 131 heavy (non-hydrogen) atoms. The maximum Gasteiger partial charge on any atom is 0.234 e. The maximum absolute atomic E-state index is 12.4. The minimum absolute atomic E-state index is 0.189. The van der Waals surface area contributed by atoms with Gasteiger partial charge in [0.1, 0.15) is 0 Å². The van der Waals surface area contributed by atoms with Gasteiger partial charge in [0.15, 0.2) is 0 Å². The summed E-state index contributed by atoms with van der Waals surface area (Å²) in [7, 11) is 6.25. The Balaban J connectivity index is 0.00000194. The number of likely N-dealkylation sites (N-methyl/N-ethyl adjacent to an activating group) is 2. The smallest absolute Gasteiger partial charge is 0.234 e. The molecule has 0 spiro atoms. The fraction of sp³-hybridized carbons (Fsp3) is 0.864. The van der Waals surface area contributed by atoms with E-state index in [-0.39, 0.29) is 5.91 Å². The van der Waals surface area contributed by atoms with Crippen LogP contribution in [-0.2, 0) is 4.79 Å². The van der Waals surface area contributed by atoms with Gasteiger partial charge in [-0.25, -0.2) is 0 Å². The van der Waals surface area contributed by atoms with Crippen molar-refractivity contribution in [2.45, 2.75) is 631 Å². The summed E-state index contributed by atoms with van der Waals surface area (Å²) in [5.74, 6) is 0.189. The molecule has 0 aromatic heterocycles. The number of allylic oxidation sites excluding steroid dienone is 16. The van der Waals surface area contributed by atoms with E-state index in [9.17, 15) is 4.79 Å². The molecule has 0 atom stereocenters. The van der Waals surface area contributed by atoms with E-state index >= 15 is 0 Å². The van der Waals surface area contributed by atoms with Crippen molar-refractivity contribution >= 4 is 5.91 Å². The average Bonchev–Trinajstić information content (AvgIpc) is 0.890. The number of rotatable bonds is 99. The summed E-state index contributed by atoms with van der Waals surface area (Å²) in [6.07, 6.45) is 161. The Hall–Kier alpha value is -2.77. The highest BCUT2D eigenvalue weighted by Crippen LogP contribution is 2.26. The Kier molecular flexibility index (Phi) is 110. The molecule has 2 saturated heterocycles. The van der Waals surface area contributed by atoms with Gasteiger partial charge in [0.25, 0.3) is 0 Å². The van der Waals surface area contributed by atoms with Gasteiger partial charge in [0.2, 0.25) is 5.91 Å². The van der Waals surface area contributed by atoms with Gasteiger partial charge in [0.05, 0.1) is 6.54 Å². The third kappa shape index (κ3) is 103. The lowest BCUT2D eigenvalue weighted by Gasteiger charge is -2.38. The van der Waals surface area contributed by atoms with Crippen LogP contribution in [0.5, 0.6) is 0 Å². The van der Waals surface area contributed by atoms with Crippen LogP contribution in [0, 0.1) is 0 Å². The van der Waals surface area contributed by atoms with Crippen LogP contribution in [-0.4, -0.2) is 111 Å². The predicted octanol–water partition coefficient (Wildman–Crippen LogP) is 40.6. The molecule has 6 nitrogen and oxygen atoms in total. The summed E-state index contributed by atoms with van der Waals surface area (Å²) >= 11 is 0. The van der Waals surface area contributed by atoms with E-state index in [1.807, 2.05) is 19.0 Å². The van der Waals surface area contributed by atoms with Gasteiger partial charge in [0, 0.05) is 44.3 Å². The summed E-state index contributed by atoms with van der Waals surface area (Å²) in [6, 6.07) is 2.07. The number of hydrogen-bond donors (Lipinski definition) is 1. The van der Waals surface area contributed by atoms with Crippen LogP contribution in [0.2, 0.25) is 0 Å². The number of carbonyl (C=O) groups excluding carboxylic acids is 1. The van der Waals surface area contributed by atoms with E-state index in [1.54, 1.807) is 0 Å². The molecule has 0 bridgehead atoms. The zero-order valence-corrected chi connectivity index (χ0v) is 91.0. The molecule has 0 saturated carbocycles. The molecule has 1 N–H and O–H groups in total. The second-order valence-corrected chi connectivity index (χ2v) is 41.9. The summed E-state index contributed by atoms with van der Waals surface area (Å²) < 4.78 is 0. The molecule has 0 unspecified atom stereocenters. The number of carbonyl (C=O) groups is 1. The van der Waals surface area contributed by atoms with Crippen LogP contribution in [0.1, 0.15) is 613 Å². The fourth-order valence-electron chi connectivity index (χ4n) is 19.6. The van der Waals surface area contributed by atoms with Crippen molar-refractivity contribution in [1.82, 2.24) is 24.9 Å². The molecule has 2 heterocycles. The standard InChI is InChI=1S/C42H82N2.C42H77N.C41H80N2O/c1-4-6-8-10-12-14-16-18-20-22-24-26-28-30-32-34-36-42(44-40-38-43(3)39-41-44)37-35-33-31-29-27-25-23-21-19-17-15-13-11-9-7-5-2;1-3-5-7-9-11-13-15-17-19-21-23-25-27-29-31-34-38-42(43-40-36-33-37-41-43)39-35-32-30-28-26-24-22-20-18-16-14-12-10-8-6-4-2;1-5-7-9-11-13-15-17-19-21-23-25-27-29-31-33-35-37-40(42-41(44)39-43(3)4)38-36-34-32-30-28-26-24-22-20-18-16-14-12-10-8-6-2/h18-21,42H,4-17,22-41H2,1-3H3;11-14,17-20,42H,3-10,15-16,21-41H2,1-2H3;19-22,40H,5-18,23-39H2,1-4H3,(H,42,44)/b20-18-,21-19-;13-11-,14-12-,19-17-,20-18-;21-19-,22-20-. The molecular formula is C125H239N5O. The van der Waals surface area contributed by atoms with Gasteiger partial charge >= 0.3 is 0 Å². The first kappa shape index (κ1) is 128. The molecule has 2 fully saturated rings. The molecule has 770 valence electrons. The fourth-order valence-corrected chi connectivity index (χ4v) is 19.6. The quantitative estimate of drug-likeness (QED) is 0.0486. The van der Waals surface area contributed by atoms with E-state index < -0.39 is 0 Å². The van der Waals surface area contributed by atoms with E-state index in [0.717, 1.165) is 37.8 Å². The largest absolute Gasteiger partial charge is 0.352 e. The normalized spacial score (nSPS) is 14.1. The molecular weight excluding hydrogens is 1590 g/mol. The van der Waals surface area contributed by atoms with Crippen LogP contribution in [0.25, 0.3) is 0 Å². The molecule has 0 aromatic carbocycles. The Morgan fingerprint density at radius 3 is 0.641 bits per heavy atom. The van der Waals surface area contributed by atoms with Gasteiger partial charge in [-0.2, -0.15) is 0 Å². The molecule has 6 heteroatoms. The SMILES string of the molecule is CCCCC/C=C\C/C=C\CCCCCCCCC(CCCCCCCC/C=C\C/C=C\CCCCC)N1CCCCC1.CCCCCCCC/C=C\CCCCCCCCC(CCCCCCCC/C=C\CCCCCCCC)N1CCN(C)CC1.CCCCCCCC/C=C\CCCCCCCCC(CCCCCCCC/C=C\CCCCCCCC)NC(=O)CN(C)C. The predicted molar refractivity (Wildman–Crippen MR) is 597 cm³/mol. The van der Waals surface area contributed by atoms with Crippen molar-refractivity contribution in [1.29, 1.82) is 0 Å². The minimum atomic E-state index is 0.189. The third-order valence-corrected chi connectivity index (χ3v) is 28.5. The lowest BCUT2D eigenvalue weighted by molar-refractivity contribution is -0.122. The molecule has 2 rings (SSSR count). The van der Waals surface area contributed by atoms with Crippen molar-refractivity contribution in [3.05, 3.63) is 97.2 Å². The first-order valence-electron chi connectivity index (χ1n) is 60.1. The number of nitrogens with one attached hydrogen (secondary N) is 1. The van der Waals surface area contributed by atoms with E-state index in [4.69, 9.17) is 0 Å². The average molecular weight is 1830 g/mol. The summed E-state index contributed by atoms with van der Waals surface area (Å²) in [4.78, 5) is 22.7. The van der Waals surface area contributed by atoms with Crippen LogP contribution >= 0.6 is 0 Å².